The van der Waals surface area contributed by atoms with E-state index in [0.717, 1.165) is 34.8 Å². The van der Waals surface area contributed by atoms with Crippen LogP contribution < -0.4 is 14.8 Å². The van der Waals surface area contributed by atoms with Crippen LogP contribution in [0, 0.1) is 0 Å². The zero-order valence-corrected chi connectivity index (χ0v) is 20.3. The van der Waals surface area contributed by atoms with Crippen molar-refractivity contribution in [2.24, 2.45) is 0 Å². The molecule has 1 aliphatic heterocycles. The fourth-order valence-corrected chi connectivity index (χ4v) is 4.39. The van der Waals surface area contributed by atoms with Gasteiger partial charge in [-0.05, 0) is 17.7 Å². The second-order valence-electron chi connectivity index (χ2n) is 8.10. The Morgan fingerprint density at radius 2 is 1.25 bits per heavy atom. The minimum atomic E-state index is -1.45. The second-order valence-corrected chi connectivity index (χ2v) is 8.10. The molecule has 1 aliphatic carbocycles. The van der Waals surface area contributed by atoms with E-state index in [4.69, 9.17) is 33.2 Å². The maximum absolute atomic E-state index is 12.4. The minimum Gasteiger partial charge on any atom is -0.458 e. The van der Waals surface area contributed by atoms with E-state index in [-0.39, 0.29) is 6.79 Å². The third-order valence-corrected chi connectivity index (χ3v) is 5.53. The standard InChI is InChI=1S/C23H27NO12/c1-10(25)33-19-17(14-6-7-15-16(8-14)32-9-31-15)18(24-23(29)30-5)20(34-11(2)26)22(36-13(4)28)21(19)35-12(3)27/h6-8,17-22H,9H2,1-5H3,(H,24,29)/t17?,18-,19-,20+,21-,22+/m1/s1. The van der Waals surface area contributed by atoms with Gasteiger partial charge in [-0.2, -0.15) is 0 Å². The molecule has 1 amide bonds. The summed E-state index contributed by atoms with van der Waals surface area (Å²) in [6, 6.07) is 3.65. The van der Waals surface area contributed by atoms with E-state index >= 15 is 0 Å². The van der Waals surface area contributed by atoms with Crippen LogP contribution in [0.5, 0.6) is 11.5 Å². The number of ether oxygens (including phenoxy) is 7. The number of rotatable bonds is 6. The average molecular weight is 509 g/mol. The Bertz CT molecular complexity index is 1040. The van der Waals surface area contributed by atoms with Gasteiger partial charge in [-0.1, -0.05) is 6.07 Å². The van der Waals surface area contributed by atoms with Gasteiger partial charge in [-0.25, -0.2) is 4.79 Å². The van der Waals surface area contributed by atoms with Gasteiger partial charge in [0.15, 0.2) is 35.9 Å². The summed E-state index contributed by atoms with van der Waals surface area (Å²) in [5.74, 6) is -3.25. The molecule has 2 aliphatic rings. The van der Waals surface area contributed by atoms with Gasteiger partial charge in [0.1, 0.15) is 0 Å². The van der Waals surface area contributed by atoms with Crippen LogP contribution in [0.4, 0.5) is 4.79 Å². The Balaban J connectivity index is 2.24. The molecule has 0 radical (unpaired) electrons. The van der Waals surface area contributed by atoms with E-state index in [9.17, 15) is 24.0 Å². The second kappa shape index (κ2) is 11.1. The maximum atomic E-state index is 12.4. The maximum Gasteiger partial charge on any atom is 0.407 e. The van der Waals surface area contributed by atoms with Crippen molar-refractivity contribution in [2.45, 2.75) is 64.1 Å². The lowest BCUT2D eigenvalue weighted by Gasteiger charge is -2.48. The van der Waals surface area contributed by atoms with Crippen LogP contribution in [0.15, 0.2) is 18.2 Å². The summed E-state index contributed by atoms with van der Waals surface area (Å²) >= 11 is 0. The minimum absolute atomic E-state index is 0.0126. The summed E-state index contributed by atoms with van der Waals surface area (Å²) in [6.45, 7) is 4.47. The first-order valence-corrected chi connectivity index (χ1v) is 10.9. The van der Waals surface area contributed by atoms with Gasteiger partial charge >= 0.3 is 30.0 Å². The molecule has 1 fully saturated rings. The highest BCUT2D eigenvalue weighted by atomic mass is 16.7. The third kappa shape index (κ3) is 5.96. The molecular formula is C23H27NO12. The summed E-state index contributed by atoms with van der Waals surface area (Å²) in [5.41, 5.74) is 0.447. The molecule has 1 saturated carbocycles. The lowest BCUT2D eigenvalue weighted by Crippen LogP contribution is -2.68. The van der Waals surface area contributed by atoms with Crippen molar-refractivity contribution in [3.63, 3.8) is 0 Å². The number of benzene rings is 1. The summed E-state index contributed by atoms with van der Waals surface area (Å²) in [6.07, 6.45) is -6.45. The highest BCUT2D eigenvalue weighted by molar-refractivity contribution is 5.71. The molecule has 1 N–H and O–H groups in total. The predicted octanol–water partition coefficient (Wildman–Crippen LogP) is 0.964. The highest BCUT2D eigenvalue weighted by Crippen LogP contribution is 2.43. The number of amides is 1. The van der Waals surface area contributed by atoms with Gasteiger partial charge in [0.2, 0.25) is 6.79 Å². The molecule has 0 saturated heterocycles. The zero-order valence-electron chi connectivity index (χ0n) is 20.3. The normalized spacial score (nSPS) is 26.2. The molecule has 6 atom stereocenters. The zero-order chi connectivity index (χ0) is 26.6. The summed E-state index contributed by atoms with van der Waals surface area (Å²) in [5, 5.41) is 2.59. The van der Waals surface area contributed by atoms with Crippen molar-refractivity contribution in [1.82, 2.24) is 5.32 Å². The quantitative estimate of drug-likeness (QED) is 0.428. The van der Waals surface area contributed by atoms with E-state index in [2.05, 4.69) is 5.32 Å². The molecule has 1 heterocycles. The van der Waals surface area contributed by atoms with Crippen molar-refractivity contribution < 1.29 is 57.1 Å². The predicted molar refractivity (Wildman–Crippen MR) is 117 cm³/mol. The molecule has 0 aromatic heterocycles. The number of carbonyl (C=O) groups is 5. The number of carbonyl (C=O) groups excluding carboxylic acids is 5. The molecule has 36 heavy (non-hydrogen) atoms. The Morgan fingerprint density at radius 3 is 1.81 bits per heavy atom. The van der Waals surface area contributed by atoms with Gasteiger partial charge in [0.25, 0.3) is 0 Å². The molecule has 13 heteroatoms. The van der Waals surface area contributed by atoms with Crippen molar-refractivity contribution in [3.8, 4) is 11.5 Å². The van der Waals surface area contributed by atoms with Crippen LogP contribution in [0.25, 0.3) is 0 Å². The van der Waals surface area contributed by atoms with Gasteiger partial charge < -0.3 is 38.5 Å². The summed E-state index contributed by atoms with van der Waals surface area (Å²) in [4.78, 5) is 60.7. The number of fused-ring (bicyclic) bond motifs is 1. The molecule has 196 valence electrons. The number of nitrogens with one attached hydrogen (secondary N) is 1. The SMILES string of the molecule is COC(=O)N[C@@H]1C(c2ccc3c(c2)OCO3)[C@@H](OC(C)=O)[C@@H](OC(C)=O)[C@@H](OC(C)=O)[C@H]1OC(C)=O. The van der Waals surface area contributed by atoms with Crippen molar-refractivity contribution in [2.75, 3.05) is 13.9 Å². The van der Waals surface area contributed by atoms with Gasteiger partial charge in [0.05, 0.1) is 13.2 Å². The average Bonchev–Trinajstić information content (AvgIpc) is 3.25. The van der Waals surface area contributed by atoms with Crippen LogP contribution in [-0.2, 0) is 42.9 Å². The Hall–Kier alpha value is -4.03. The molecule has 3 rings (SSSR count). The smallest absolute Gasteiger partial charge is 0.407 e. The number of esters is 4. The molecule has 1 unspecified atom stereocenters. The van der Waals surface area contributed by atoms with E-state index in [1.165, 1.54) is 0 Å². The van der Waals surface area contributed by atoms with Gasteiger partial charge in [-0.3, -0.25) is 19.2 Å². The Morgan fingerprint density at radius 1 is 0.750 bits per heavy atom. The van der Waals surface area contributed by atoms with E-state index in [1.807, 2.05) is 0 Å². The number of hydrogen-bond acceptors (Lipinski definition) is 12. The van der Waals surface area contributed by atoms with E-state index in [0.29, 0.717) is 17.1 Å². The Labute approximate surface area is 206 Å². The van der Waals surface area contributed by atoms with Gasteiger partial charge in [-0.15, -0.1) is 0 Å². The lowest BCUT2D eigenvalue weighted by molar-refractivity contribution is -0.217. The molecule has 1 aromatic rings. The summed E-state index contributed by atoms with van der Waals surface area (Å²) in [7, 11) is 1.13. The van der Waals surface area contributed by atoms with Gasteiger partial charge in [0, 0.05) is 33.6 Å². The number of methoxy groups -OCH3 is 1. The van der Waals surface area contributed by atoms with E-state index < -0.39 is 66.3 Å². The van der Waals surface area contributed by atoms with Crippen LogP contribution in [0.1, 0.15) is 39.2 Å². The Kier molecular flexibility index (Phi) is 8.22. The fourth-order valence-electron chi connectivity index (χ4n) is 4.39. The monoisotopic (exact) mass is 509 g/mol. The first-order chi connectivity index (χ1) is 17.0. The van der Waals surface area contributed by atoms with Crippen molar-refractivity contribution in [3.05, 3.63) is 23.8 Å². The van der Waals surface area contributed by atoms with E-state index in [1.54, 1.807) is 18.2 Å². The van der Waals surface area contributed by atoms with Crippen molar-refractivity contribution in [1.29, 1.82) is 0 Å². The topological polar surface area (TPSA) is 162 Å². The number of hydrogen-bond donors (Lipinski definition) is 1. The van der Waals surface area contributed by atoms with Crippen LogP contribution in [0.2, 0.25) is 0 Å². The first kappa shape index (κ1) is 26.6. The van der Waals surface area contributed by atoms with Crippen LogP contribution in [-0.4, -0.2) is 74.3 Å². The lowest BCUT2D eigenvalue weighted by atomic mass is 9.72. The molecule has 1 aromatic carbocycles. The third-order valence-electron chi connectivity index (χ3n) is 5.53. The summed E-state index contributed by atoms with van der Waals surface area (Å²) < 4.78 is 37.5. The van der Waals surface area contributed by atoms with Crippen LogP contribution >= 0.6 is 0 Å². The molecule has 13 nitrogen and oxygen atoms in total. The highest BCUT2D eigenvalue weighted by Gasteiger charge is 2.58. The largest absolute Gasteiger partial charge is 0.458 e. The van der Waals surface area contributed by atoms with Crippen LogP contribution in [0.3, 0.4) is 0 Å². The molecular weight excluding hydrogens is 482 g/mol. The first-order valence-electron chi connectivity index (χ1n) is 10.9. The fraction of sp³-hybridized carbons (Fsp3) is 0.522. The number of alkyl carbamates (subject to hydrolysis) is 1. The molecule has 0 bridgehead atoms. The van der Waals surface area contributed by atoms with Crippen molar-refractivity contribution >= 4 is 30.0 Å². The molecule has 0 spiro atoms.